The summed E-state index contributed by atoms with van der Waals surface area (Å²) in [6.45, 7) is 4.48. The fourth-order valence-corrected chi connectivity index (χ4v) is 9.61. The van der Waals surface area contributed by atoms with Gasteiger partial charge in [-0.3, -0.25) is 34.2 Å². The van der Waals surface area contributed by atoms with E-state index in [-0.39, 0.29) is 48.4 Å². The van der Waals surface area contributed by atoms with Gasteiger partial charge in [0, 0.05) is 80.9 Å². The van der Waals surface area contributed by atoms with E-state index >= 15 is 0 Å². The summed E-state index contributed by atoms with van der Waals surface area (Å²) < 4.78 is 7.88. The van der Waals surface area contributed by atoms with Crippen molar-refractivity contribution in [1.82, 2.24) is 44.7 Å². The van der Waals surface area contributed by atoms with Gasteiger partial charge in [0.25, 0.3) is 5.91 Å². The molecule has 2 atom stereocenters. The summed E-state index contributed by atoms with van der Waals surface area (Å²) in [5.74, 6) is 0.954. The maximum atomic E-state index is 13.5. The number of hydrogen-bond donors (Lipinski definition) is 2. The molecule has 2 aromatic heterocycles. The molecule has 0 aliphatic carbocycles. The summed E-state index contributed by atoms with van der Waals surface area (Å²) in [4.78, 5) is 81.3. The summed E-state index contributed by atoms with van der Waals surface area (Å²) in [5, 5.41) is 8.03. The molecule has 4 aliphatic heterocycles. The number of carbonyl (C=O) groups is 5. The first-order valence-electron chi connectivity index (χ1n) is 20.9. The molecule has 3 saturated heterocycles. The van der Waals surface area contributed by atoms with Gasteiger partial charge in [-0.15, -0.1) is 11.8 Å². The third kappa shape index (κ3) is 8.50. The SMILES string of the molecule is Nc1ncnc2c1c(-c1ccc(Oc3ccccc3)cc1)nn2[C@@H]1CCCN(C(=O)/C=C/CN2CCN(C(=O)CSc3cccc4c3CN(C3CCC(=O)NC3=O)C4=O)CC2)C1. The normalized spacial score (nSPS) is 19.6. The second-order valence-corrected chi connectivity index (χ2v) is 16.8. The van der Waals surface area contributed by atoms with E-state index < -0.39 is 11.9 Å². The number of thioether (sulfide) groups is 1. The number of imide groups is 1. The van der Waals surface area contributed by atoms with Crippen molar-refractivity contribution in [2.45, 2.75) is 49.2 Å². The van der Waals surface area contributed by atoms with Gasteiger partial charge < -0.3 is 25.2 Å². The number of likely N-dealkylation sites (tertiary alicyclic amines) is 1. The van der Waals surface area contributed by atoms with Crippen LogP contribution >= 0.6 is 11.8 Å². The third-order valence-corrected chi connectivity index (χ3v) is 13.0. The number of fused-ring (bicyclic) bond motifs is 2. The Morgan fingerprint density at radius 3 is 2.47 bits per heavy atom. The second kappa shape index (κ2) is 17.8. The van der Waals surface area contributed by atoms with E-state index in [2.05, 4.69) is 20.2 Å². The van der Waals surface area contributed by atoms with Gasteiger partial charge in [-0.2, -0.15) is 5.10 Å². The summed E-state index contributed by atoms with van der Waals surface area (Å²) in [5.41, 5.74) is 9.90. The lowest BCUT2D eigenvalue weighted by atomic mass is 10.0. The highest BCUT2D eigenvalue weighted by atomic mass is 32.2. The first-order chi connectivity index (χ1) is 30.2. The fourth-order valence-electron chi connectivity index (χ4n) is 8.62. The molecule has 0 bridgehead atoms. The maximum Gasteiger partial charge on any atom is 0.255 e. The largest absolute Gasteiger partial charge is 0.457 e. The Morgan fingerprint density at radius 2 is 1.68 bits per heavy atom. The standard InChI is InChI=1S/C45H46N10O6S/c46-42-40-41(29-13-15-32(16-14-29)61-31-8-2-1-3-9-31)50-55(43(40)48-28-47-42)30-7-5-20-53(25-30)38(57)12-6-19-51-21-23-52(24-22-51)39(58)27-62-36-11-4-10-33-34(36)26-54(45(33)60)35-17-18-37(56)49-44(35)59/h1-4,6,8-16,28,30,35H,5,7,17-27H2,(H2,46,47,48)(H,49,56,59)/b12-6+/t30-,35?/m1/s1. The Kier molecular flexibility index (Phi) is 11.7. The lowest BCUT2D eigenvalue weighted by molar-refractivity contribution is -0.137. The number of nitrogens with one attached hydrogen (secondary N) is 1. The highest BCUT2D eigenvalue weighted by molar-refractivity contribution is 8.00. The Labute approximate surface area is 362 Å². The molecule has 62 heavy (non-hydrogen) atoms. The van der Waals surface area contributed by atoms with Crippen LogP contribution in [0, 0.1) is 0 Å². The van der Waals surface area contributed by atoms with Crippen molar-refractivity contribution in [1.29, 1.82) is 0 Å². The molecule has 0 saturated carbocycles. The smallest absolute Gasteiger partial charge is 0.255 e. The van der Waals surface area contributed by atoms with Gasteiger partial charge >= 0.3 is 0 Å². The molecular weight excluding hydrogens is 809 g/mol. The topological polar surface area (TPSA) is 189 Å². The van der Waals surface area contributed by atoms with Gasteiger partial charge in [0.1, 0.15) is 35.4 Å². The Bertz CT molecular complexity index is 2560. The van der Waals surface area contributed by atoms with Gasteiger partial charge in [-0.25, -0.2) is 14.6 Å². The average Bonchev–Trinajstić information content (AvgIpc) is 3.85. The number of piperazine rings is 1. The Balaban J connectivity index is 0.762. The average molecular weight is 855 g/mol. The summed E-state index contributed by atoms with van der Waals surface area (Å²) in [7, 11) is 0. The van der Waals surface area contributed by atoms with E-state index in [1.165, 1.54) is 23.0 Å². The minimum atomic E-state index is -0.689. The molecule has 5 aromatic rings. The van der Waals surface area contributed by atoms with Crippen molar-refractivity contribution in [3.05, 3.63) is 102 Å². The second-order valence-electron chi connectivity index (χ2n) is 15.8. The number of anilines is 1. The van der Waals surface area contributed by atoms with Gasteiger partial charge in [-0.1, -0.05) is 30.3 Å². The van der Waals surface area contributed by atoms with Crippen LogP contribution in [0.1, 0.15) is 47.6 Å². The van der Waals surface area contributed by atoms with Crippen LogP contribution in [0.4, 0.5) is 5.82 Å². The van der Waals surface area contributed by atoms with Crippen LogP contribution in [0.2, 0.25) is 0 Å². The number of carbonyl (C=O) groups excluding carboxylic acids is 5. The van der Waals surface area contributed by atoms with Crippen LogP contribution in [0.25, 0.3) is 22.3 Å². The van der Waals surface area contributed by atoms with Gasteiger partial charge in [0.2, 0.25) is 23.6 Å². The number of piperidine rings is 2. The van der Waals surface area contributed by atoms with Crippen LogP contribution in [-0.2, 0) is 25.7 Å². The van der Waals surface area contributed by atoms with E-state index in [4.69, 9.17) is 15.6 Å². The van der Waals surface area contributed by atoms with E-state index in [0.717, 1.165) is 34.6 Å². The molecule has 4 aliphatic rings. The minimum Gasteiger partial charge on any atom is -0.457 e. The lowest BCUT2D eigenvalue weighted by Crippen LogP contribution is -2.52. The highest BCUT2D eigenvalue weighted by Crippen LogP contribution is 2.36. The molecule has 3 aromatic carbocycles. The van der Waals surface area contributed by atoms with Crippen molar-refractivity contribution in [2.75, 3.05) is 57.3 Å². The first kappa shape index (κ1) is 40.8. The molecule has 16 nitrogen and oxygen atoms in total. The van der Waals surface area contributed by atoms with Gasteiger partial charge in [-0.05, 0) is 73.4 Å². The molecule has 3 fully saturated rings. The minimum absolute atomic E-state index is 0.0153. The molecule has 1 unspecified atom stereocenters. The van der Waals surface area contributed by atoms with E-state index in [1.807, 2.05) is 81.2 Å². The molecule has 5 amide bonds. The van der Waals surface area contributed by atoms with E-state index in [0.29, 0.717) is 86.1 Å². The zero-order chi connectivity index (χ0) is 42.7. The third-order valence-electron chi connectivity index (χ3n) is 11.9. The predicted molar refractivity (Wildman–Crippen MR) is 232 cm³/mol. The Morgan fingerprint density at radius 1 is 0.887 bits per heavy atom. The van der Waals surface area contributed by atoms with Crippen molar-refractivity contribution in [3.8, 4) is 22.8 Å². The van der Waals surface area contributed by atoms with Gasteiger partial charge in [0.05, 0.1) is 17.2 Å². The van der Waals surface area contributed by atoms with Crippen molar-refractivity contribution >= 4 is 58.1 Å². The fraction of sp³-hybridized carbons (Fsp3) is 0.333. The molecule has 0 spiro atoms. The van der Waals surface area contributed by atoms with E-state index in [1.54, 1.807) is 18.2 Å². The number of benzene rings is 3. The molecule has 9 rings (SSSR count). The van der Waals surface area contributed by atoms with Crippen molar-refractivity contribution in [2.24, 2.45) is 0 Å². The predicted octanol–water partition coefficient (Wildman–Crippen LogP) is 4.29. The van der Waals surface area contributed by atoms with Crippen LogP contribution in [0.5, 0.6) is 11.5 Å². The number of nitrogens with zero attached hydrogens (tertiary/aromatic N) is 8. The first-order valence-corrected chi connectivity index (χ1v) is 21.9. The van der Waals surface area contributed by atoms with E-state index in [9.17, 15) is 24.0 Å². The molecule has 318 valence electrons. The number of nitrogens with two attached hydrogens (primary N) is 1. The monoisotopic (exact) mass is 854 g/mol. The molecule has 0 radical (unpaired) electrons. The molecule has 17 heteroatoms. The zero-order valence-corrected chi connectivity index (χ0v) is 34.8. The molecule has 3 N–H and O–H groups in total. The number of amides is 5. The van der Waals surface area contributed by atoms with Crippen LogP contribution in [0.15, 0.2) is 96.2 Å². The van der Waals surface area contributed by atoms with Crippen LogP contribution in [-0.4, -0.2) is 126 Å². The number of aromatic nitrogens is 4. The van der Waals surface area contributed by atoms with Crippen LogP contribution in [0.3, 0.4) is 0 Å². The number of hydrogen-bond acceptors (Lipinski definition) is 12. The molecular formula is C45H46N10O6S. The number of rotatable bonds is 11. The van der Waals surface area contributed by atoms with Crippen molar-refractivity contribution in [3.63, 3.8) is 0 Å². The quantitative estimate of drug-likeness (QED) is 0.109. The van der Waals surface area contributed by atoms with Crippen molar-refractivity contribution < 1.29 is 28.7 Å². The zero-order valence-electron chi connectivity index (χ0n) is 34.0. The maximum absolute atomic E-state index is 13.5. The summed E-state index contributed by atoms with van der Waals surface area (Å²) in [6.07, 6.45) is 7.12. The number of nitrogen functional groups attached to an aromatic ring is 1. The van der Waals surface area contributed by atoms with Gasteiger partial charge in [0.15, 0.2) is 5.65 Å². The molecule has 6 heterocycles. The highest BCUT2D eigenvalue weighted by Gasteiger charge is 2.40. The summed E-state index contributed by atoms with van der Waals surface area (Å²) in [6, 6.07) is 21.9. The number of ether oxygens (including phenoxy) is 1. The summed E-state index contributed by atoms with van der Waals surface area (Å²) >= 11 is 1.40. The van der Waals surface area contributed by atoms with Crippen LogP contribution < -0.4 is 15.8 Å². The lowest BCUT2D eigenvalue weighted by Gasteiger charge is -2.34. The number of para-hydroxylation sites is 1. The Hall–Kier alpha value is -6.59.